The van der Waals surface area contributed by atoms with Crippen LogP contribution in [0.3, 0.4) is 0 Å². The summed E-state index contributed by atoms with van der Waals surface area (Å²) in [4.78, 5) is 11.5. The predicted octanol–water partition coefficient (Wildman–Crippen LogP) is 7.90. The smallest absolute Gasteiger partial charge is 0.341 e. The molecule has 0 heterocycles. The van der Waals surface area contributed by atoms with Gasteiger partial charge >= 0.3 is 5.97 Å². The summed E-state index contributed by atoms with van der Waals surface area (Å²) < 4.78 is 75.1. The average Bonchev–Trinajstić information content (AvgIpc) is 2.88. The fourth-order valence-electron chi connectivity index (χ4n) is 3.91. The van der Waals surface area contributed by atoms with Crippen molar-refractivity contribution < 1.29 is 36.6 Å². The van der Waals surface area contributed by atoms with E-state index in [9.17, 15) is 26.7 Å². The molecule has 0 amide bonds. The van der Waals surface area contributed by atoms with Gasteiger partial charge in [-0.05, 0) is 78.1 Å². The highest BCUT2D eigenvalue weighted by molar-refractivity contribution is 7.99. The van der Waals surface area contributed by atoms with Gasteiger partial charge in [-0.3, -0.25) is 0 Å². The number of carbonyl (C=O) groups is 1. The summed E-state index contributed by atoms with van der Waals surface area (Å²) >= 11 is 1.34. The van der Waals surface area contributed by atoms with Crippen molar-refractivity contribution in [1.82, 2.24) is 0 Å². The summed E-state index contributed by atoms with van der Waals surface area (Å²) in [5.41, 5.74) is 1.86. The zero-order valence-electron chi connectivity index (χ0n) is 20.0. The molecule has 0 aliphatic heterocycles. The molecule has 0 spiro atoms. The molecule has 0 fully saturated rings. The first-order valence-corrected chi connectivity index (χ1v) is 12.3. The van der Waals surface area contributed by atoms with E-state index < -0.39 is 46.9 Å². The normalized spacial score (nSPS) is 11.8. The number of carboxylic acids is 1. The molecule has 4 aromatic rings. The number of hydrogen-bond acceptors (Lipinski definition) is 3. The molecule has 1 atom stereocenters. The first-order valence-electron chi connectivity index (χ1n) is 11.4. The van der Waals surface area contributed by atoms with Crippen LogP contribution in [0.2, 0.25) is 0 Å². The molecule has 3 nitrogen and oxygen atoms in total. The van der Waals surface area contributed by atoms with Gasteiger partial charge in [-0.15, -0.1) is 11.8 Å². The van der Waals surface area contributed by atoms with E-state index in [0.29, 0.717) is 22.4 Å². The van der Waals surface area contributed by atoms with E-state index in [-0.39, 0.29) is 17.5 Å². The van der Waals surface area contributed by atoms with Gasteiger partial charge in [0.1, 0.15) is 17.4 Å². The van der Waals surface area contributed by atoms with Crippen LogP contribution < -0.4 is 4.74 Å². The van der Waals surface area contributed by atoms with Crippen molar-refractivity contribution in [1.29, 1.82) is 0 Å². The Morgan fingerprint density at radius 1 is 0.842 bits per heavy atom. The highest BCUT2D eigenvalue weighted by Crippen LogP contribution is 2.40. The maximum Gasteiger partial charge on any atom is 0.341 e. The van der Waals surface area contributed by atoms with Crippen LogP contribution in [0.25, 0.3) is 11.1 Å². The first kappa shape index (κ1) is 27.2. The van der Waals surface area contributed by atoms with Crippen molar-refractivity contribution in [2.45, 2.75) is 23.5 Å². The number of thioether (sulfide) groups is 1. The molecule has 1 N–H and O–H groups in total. The highest BCUT2D eigenvalue weighted by atomic mass is 32.2. The summed E-state index contributed by atoms with van der Waals surface area (Å²) in [6.07, 6.45) is -0.00135. The summed E-state index contributed by atoms with van der Waals surface area (Å²) in [6, 6.07) is 17.1. The Bertz CT molecular complexity index is 1430. The molecule has 9 heteroatoms. The van der Waals surface area contributed by atoms with Crippen molar-refractivity contribution >= 4 is 17.7 Å². The van der Waals surface area contributed by atoms with E-state index in [1.54, 1.807) is 49.4 Å². The molecule has 0 saturated carbocycles. The van der Waals surface area contributed by atoms with Crippen molar-refractivity contribution in [3.8, 4) is 16.9 Å². The Hall–Kier alpha value is -3.85. The molecular weight excluding hydrogens is 523 g/mol. The molecule has 0 aliphatic carbocycles. The zero-order chi connectivity index (χ0) is 27.4. The maximum absolute atomic E-state index is 14.5. The Balaban J connectivity index is 1.66. The molecule has 38 heavy (non-hydrogen) atoms. The van der Waals surface area contributed by atoms with E-state index in [1.807, 2.05) is 0 Å². The fourth-order valence-corrected chi connectivity index (χ4v) is 5.18. The predicted molar refractivity (Wildman–Crippen MR) is 135 cm³/mol. The minimum absolute atomic E-state index is 0.00135. The number of benzene rings is 4. The van der Waals surface area contributed by atoms with E-state index in [0.717, 1.165) is 17.0 Å². The monoisotopic (exact) mass is 544 g/mol. The number of aliphatic carboxylic acids is 1. The van der Waals surface area contributed by atoms with Crippen LogP contribution in [-0.2, 0) is 11.2 Å². The van der Waals surface area contributed by atoms with Gasteiger partial charge in [-0.2, -0.15) is 0 Å². The quantitative estimate of drug-likeness (QED) is 0.132. The molecule has 0 bridgehead atoms. The second-order valence-electron chi connectivity index (χ2n) is 8.50. The number of rotatable bonds is 9. The second-order valence-corrected chi connectivity index (χ2v) is 9.77. The minimum Gasteiger partial charge on any atom is -0.482 e. The number of carboxylic acid groups (broad SMARTS) is 1. The van der Waals surface area contributed by atoms with Gasteiger partial charge in [-0.1, -0.05) is 30.3 Å². The van der Waals surface area contributed by atoms with Crippen LogP contribution in [-0.4, -0.2) is 17.7 Å². The zero-order valence-corrected chi connectivity index (χ0v) is 20.8. The van der Waals surface area contributed by atoms with Crippen LogP contribution in [0.5, 0.6) is 5.75 Å². The minimum atomic E-state index is -1.55. The summed E-state index contributed by atoms with van der Waals surface area (Å²) in [7, 11) is 0. The van der Waals surface area contributed by atoms with Crippen LogP contribution in [0.4, 0.5) is 22.0 Å². The van der Waals surface area contributed by atoms with E-state index in [4.69, 9.17) is 9.84 Å². The van der Waals surface area contributed by atoms with Gasteiger partial charge in [0.15, 0.2) is 24.1 Å². The van der Waals surface area contributed by atoms with Crippen molar-refractivity contribution in [3.05, 3.63) is 119 Å². The largest absolute Gasteiger partial charge is 0.482 e. The molecule has 4 aromatic carbocycles. The molecule has 0 aromatic heterocycles. The standard InChI is InChI=1S/C29H21F5O3S/c1-16-11-20(9-10-26(16)37-15-28(35)36)38-27(14-21-22(30)3-2-4-23(21)31)18-7-5-17(6-8-18)19-12-24(32)29(34)25(33)13-19/h2-13,27H,14-15H2,1H3,(H,35,36). The summed E-state index contributed by atoms with van der Waals surface area (Å²) in [5.74, 6) is -6.24. The van der Waals surface area contributed by atoms with Gasteiger partial charge in [0.05, 0.1) is 0 Å². The lowest BCUT2D eigenvalue weighted by molar-refractivity contribution is -0.139. The van der Waals surface area contributed by atoms with Crippen LogP contribution in [0.15, 0.2) is 77.7 Å². The van der Waals surface area contributed by atoms with E-state index in [2.05, 4.69) is 0 Å². The maximum atomic E-state index is 14.5. The van der Waals surface area contributed by atoms with Gasteiger partial charge in [0.25, 0.3) is 0 Å². The SMILES string of the molecule is Cc1cc(SC(Cc2c(F)cccc2F)c2ccc(-c3cc(F)c(F)c(F)c3)cc2)ccc1OCC(=O)O. The van der Waals surface area contributed by atoms with Gasteiger partial charge in [0, 0.05) is 15.7 Å². The van der Waals surface area contributed by atoms with Gasteiger partial charge < -0.3 is 9.84 Å². The molecule has 1 unspecified atom stereocenters. The Kier molecular flexibility index (Phi) is 8.36. The third-order valence-corrected chi connectivity index (χ3v) is 7.08. The van der Waals surface area contributed by atoms with Gasteiger partial charge in [0.2, 0.25) is 0 Å². The van der Waals surface area contributed by atoms with Crippen molar-refractivity contribution in [3.63, 3.8) is 0 Å². The molecule has 0 aliphatic rings. The molecule has 0 radical (unpaired) electrons. The fraction of sp³-hybridized carbons (Fsp3) is 0.138. The summed E-state index contributed by atoms with van der Waals surface area (Å²) in [6.45, 7) is 1.26. The number of ether oxygens (including phenoxy) is 1. The number of aryl methyl sites for hydroxylation is 1. The highest BCUT2D eigenvalue weighted by Gasteiger charge is 2.20. The molecule has 0 saturated heterocycles. The second kappa shape index (κ2) is 11.7. The van der Waals surface area contributed by atoms with Crippen molar-refractivity contribution in [2.75, 3.05) is 6.61 Å². The molecule has 196 valence electrons. The third kappa shape index (κ3) is 6.34. The van der Waals surface area contributed by atoms with Gasteiger partial charge in [-0.25, -0.2) is 26.7 Å². The lowest BCUT2D eigenvalue weighted by atomic mass is 9.99. The topological polar surface area (TPSA) is 46.5 Å². The van der Waals surface area contributed by atoms with Crippen molar-refractivity contribution in [2.24, 2.45) is 0 Å². The van der Waals surface area contributed by atoms with E-state index >= 15 is 0 Å². The Labute approximate surface area is 219 Å². The van der Waals surface area contributed by atoms with Crippen LogP contribution in [0, 0.1) is 36.0 Å². The lowest BCUT2D eigenvalue weighted by Crippen LogP contribution is -2.10. The Morgan fingerprint density at radius 2 is 1.47 bits per heavy atom. The summed E-state index contributed by atoms with van der Waals surface area (Å²) in [5, 5.41) is 8.37. The lowest BCUT2D eigenvalue weighted by Gasteiger charge is -2.19. The molecule has 4 rings (SSSR count). The Morgan fingerprint density at radius 3 is 2.05 bits per heavy atom. The molecular formula is C29H21F5O3S. The van der Waals surface area contributed by atoms with Crippen LogP contribution >= 0.6 is 11.8 Å². The number of halogens is 5. The van der Waals surface area contributed by atoms with Crippen LogP contribution in [0.1, 0.15) is 21.9 Å². The average molecular weight is 545 g/mol. The third-order valence-electron chi connectivity index (χ3n) is 5.83. The first-order chi connectivity index (χ1) is 18.1. The van der Waals surface area contributed by atoms with E-state index in [1.165, 1.54) is 30.0 Å². The number of hydrogen-bond donors (Lipinski definition) is 1.